The van der Waals surface area contributed by atoms with E-state index in [4.69, 9.17) is 5.11 Å². The molecule has 0 atom stereocenters. The summed E-state index contributed by atoms with van der Waals surface area (Å²) in [6.07, 6.45) is 0. The highest BCUT2D eigenvalue weighted by atomic mass is 32.2. The van der Waals surface area contributed by atoms with Gasteiger partial charge in [-0.1, -0.05) is 45.9 Å². The van der Waals surface area contributed by atoms with Crippen LogP contribution in [0.15, 0.2) is 59.5 Å². The van der Waals surface area contributed by atoms with Crippen LogP contribution < -0.4 is 4.72 Å². The highest BCUT2D eigenvalue weighted by Crippen LogP contribution is 2.16. The number of sulfonamides is 1. The van der Waals surface area contributed by atoms with Crippen molar-refractivity contribution in [2.45, 2.75) is 32.6 Å². The minimum atomic E-state index is -3.64. The average Bonchev–Trinajstić information content (AvgIpc) is 2.59. The van der Waals surface area contributed by atoms with Gasteiger partial charge in [0, 0.05) is 5.69 Å². The number of benzene rings is 2. The van der Waals surface area contributed by atoms with Crippen LogP contribution >= 0.6 is 0 Å². The van der Waals surface area contributed by atoms with Crippen LogP contribution in [0.3, 0.4) is 0 Å². The van der Waals surface area contributed by atoms with Gasteiger partial charge in [0.1, 0.15) is 0 Å². The number of carboxylic acid groups (broad SMARTS) is 1. The van der Waals surface area contributed by atoms with Crippen LogP contribution in [0, 0.1) is 0 Å². The SMILES string of the molecule is CC.CC.O=C(O)c1ccc(NS(=O)(=O)c2ccccc2)cc1. The summed E-state index contributed by atoms with van der Waals surface area (Å²) in [6, 6.07) is 13.4. The van der Waals surface area contributed by atoms with Crippen molar-refractivity contribution >= 4 is 21.7 Å². The van der Waals surface area contributed by atoms with Crippen molar-refractivity contribution in [1.29, 1.82) is 0 Å². The Bertz CT molecular complexity index is 680. The number of anilines is 1. The Balaban J connectivity index is 0.00000112. The van der Waals surface area contributed by atoms with Crippen molar-refractivity contribution in [3.63, 3.8) is 0 Å². The van der Waals surface area contributed by atoms with Gasteiger partial charge in [-0.15, -0.1) is 0 Å². The molecule has 0 spiro atoms. The van der Waals surface area contributed by atoms with Crippen LogP contribution in [0.25, 0.3) is 0 Å². The van der Waals surface area contributed by atoms with Gasteiger partial charge in [-0.25, -0.2) is 13.2 Å². The van der Waals surface area contributed by atoms with Gasteiger partial charge >= 0.3 is 5.97 Å². The molecule has 0 radical (unpaired) electrons. The molecule has 0 saturated heterocycles. The Hall–Kier alpha value is -2.34. The van der Waals surface area contributed by atoms with Gasteiger partial charge in [-0.05, 0) is 36.4 Å². The van der Waals surface area contributed by atoms with E-state index in [-0.39, 0.29) is 10.5 Å². The van der Waals surface area contributed by atoms with Gasteiger partial charge < -0.3 is 5.11 Å². The third kappa shape index (κ3) is 6.52. The van der Waals surface area contributed by atoms with Crippen molar-refractivity contribution in [2.75, 3.05) is 4.72 Å². The van der Waals surface area contributed by atoms with E-state index in [1.165, 1.54) is 36.4 Å². The van der Waals surface area contributed by atoms with E-state index in [9.17, 15) is 13.2 Å². The molecule has 2 aromatic carbocycles. The molecule has 0 bridgehead atoms. The maximum atomic E-state index is 12.0. The van der Waals surface area contributed by atoms with Crippen LogP contribution in [0.4, 0.5) is 5.69 Å². The summed E-state index contributed by atoms with van der Waals surface area (Å²) in [5.74, 6) is -1.06. The summed E-state index contributed by atoms with van der Waals surface area (Å²) in [5, 5.41) is 8.75. The fraction of sp³-hybridized carbons (Fsp3) is 0.235. The Morgan fingerprint density at radius 2 is 1.35 bits per heavy atom. The van der Waals surface area contributed by atoms with Gasteiger partial charge in [0.15, 0.2) is 0 Å². The Labute approximate surface area is 138 Å². The van der Waals surface area contributed by atoms with Crippen LogP contribution in [-0.4, -0.2) is 19.5 Å². The number of aromatic carboxylic acids is 1. The summed E-state index contributed by atoms with van der Waals surface area (Å²) in [6.45, 7) is 8.00. The molecule has 0 aliphatic carbocycles. The number of carbonyl (C=O) groups is 1. The molecule has 2 rings (SSSR count). The monoisotopic (exact) mass is 337 g/mol. The topological polar surface area (TPSA) is 83.5 Å². The molecule has 5 nitrogen and oxygen atoms in total. The molecular formula is C17H23NO4S. The summed E-state index contributed by atoms with van der Waals surface area (Å²) in [7, 11) is -3.64. The van der Waals surface area contributed by atoms with E-state index in [2.05, 4.69) is 4.72 Å². The van der Waals surface area contributed by atoms with Crippen LogP contribution in [0.5, 0.6) is 0 Å². The molecule has 0 unspecified atom stereocenters. The Kier molecular flexibility index (Phi) is 9.34. The third-order valence-electron chi connectivity index (χ3n) is 2.44. The quantitative estimate of drug-likeness (QED) is 0.874. The van der Waals surface area contributed by atoms with Crippen molar-refractivity contribution in [2.24, 2.45) is 0 Å². The van der Waals surface area contributed by atoms with Gasteiger partial charge in [0.2, 0.25) is 0 Å². The third-order valence-corrected chi connectivity index (χ3v) is 3.83. The summed E-state index contributed by atoms with van der Waals surface area (Å²) >= 11 is 0. The Morgan fingerprint density at radius 3 is 1.78 bits per heavy atom. The minimum absolute atomic E-state index is 0.0997. The molecule has 2 N–H and O–H groups in total. The number of nitrogens with one attached hydrogen (secondary N) is 1. The lowest BCUT2D eigenvalue weighted by molar-refractivity contribution is 0.0697. The molecule has 0 aliphatic heterocycles. The molecule has 0 amide bonds. The van der Waals surface area contributed by atoms with E-state index in [0.29, 0.717) is 5.69 Å². The zero-order valence-electron chi connectivity index (χ0n) is 13.8. The maximum Gasteiger partial charge on any atom is 0.335 e. The van der Waals surface area contributed by atoms with Gasteiger partial charge in [0.25, 0.3) is 10.0 Å². The average molecular weight is 337 g/mol. The zero-order valence-corrected chi connectivity index (χ0v) is 14.6. The van der Waals surface area contributed by atoms with Crippen LogP contribution in [-0.2, 0) is 10.0 Å². The molecule has 0 heterocycles. The molecule has 0 saturated carbocycles. The molecule has 23 heavy (non-hydrogen) atoms. The maximum absolute atomic E-state index is 12.0. The van der Waals surface area contributed by atoms with Crippen molar-refractivity contribution < 1.29 is 18.3 Å². The molecule has 0 aromatic heterocycles. The number of carboxylic acids is 1. The molecule has 6 heteroatoms. The minimum Gasteiger partial charge on any atom is -0.478 e. The highest BCUT2D eigenvalue weighted by molar-refractivity contribution is 7.92. The van der Waals surface area contributed by atoms with E-state index < -0.39 is 16.0 Å². The molecule has 0 aliphatic rings. The Morgan fingerprint density at radius 1 is 0.870 bits per heavy atom. The van der Waals surface area contributed by atoms with E-state index >= 15 is 0 Å². The fourth-order valence-corrected chi connectivity index (χ4v) is 2.57. The van der Waals surface area contributed by atoms with Crippen LogP contribution in [0.2, 0.25) is 0 Å². The zero-order chi connectivity index (χ0) is 17.9. The van der Waals surface area contributed by atoms with E-state index in [0.717, 1.165) is 0 Å². The largest absolute Gasteiger partial charge is 0.478 e. The second kappa shape index (κ2) is 10.4. The lowest BCUT2D eigenvalue weighted by Crippen LogP contribution is -2.12. The molecule has 126 valence electrons. The highest BCUT2D eigenvalue weighted by Gasteiger charge is 2.13. The van der Waals surface area contributed by atoms with Gasteiger partial charge in [0.05, 0.1) is 10.5 Å². The fourth-order valence-electron chi connectivity index (χ4n) is 1.49. The predicted octanol–water partition coefficient (Wildman–Crippen LogP) is 4.24. The number of hydrogen-bond donors (Lipinski definition) is 2. The van der Waals surface area contributed by atoms with Crippen LogP contribution in [0.1, 0.15) is 38.1 Å². The second-order valence-corrected chi connectivity index (χ2v) is 5.48. The first kappa shape index (κ1) is 20.7. The predicted molar refractivity (Wildman–Crippen MR) is 93.3 cm³/mol. The molecule has 2 aromatic rings. The smallest absolute Gasteiger partial charge is 0.335 e. The second-order valence-electron chi connectivity index (χ2n) is 3.80. The molecule has 0 fully saturated rings. The van der Waals surface area contributed by atoms with Gasteiger partial charge in [-0.3, -0.25) is 4.72 Å². The first-order chi connectivity index (χ1) is 11.0. The lowest BCUT2D eigenvalue weighted by atomic mass is 10.2. The van der Waals surface area contributed by atoms with Crippen molar-refractivity contribution in [3.05, 3.63) is 60.2 Å². The summed E-state index contributed by atoms with van der Waals surface area (Å²) in [5.41, 5.74) is 0.413. The lowest BCUT2D eigenvalue weighted by Gasteiger charge is -2.07. The standard InChI is InChI=1S/C13H11NO4S.2C2H6/c15-13(16)10-6-8-11(9-7-10)14-19(17,18)12-4-2-1-3-5-12;2*1-2/h1-9,14H,(H,15,16);2*1-2H3. The normalized spacial score (nSPS) is 9.57. The summed E-state index contributed by atoms with van der Waals surface area (Å²) in [4.78, 5) is 10.8. The number of hydrogen-bond acceptors (Lipinski definition) is 3. The first-order valence-corrected chi connectivity index (χ1v) is 8.88. The van der Waals surface area contributed by atoms with Gasteiger partial charge in [-0.2, -0.15) is 0 Å². The van der Waals surface area contributed by atoms with E-state index in [1.807, 2.05) is 27.7 Å². The first-order valence-electron chi connectivity index (χ1n) is 7.40. The summed E-state index contributed by atoms with van der Waals surface area (Å²) < 4.78 is 26.4. The van der Waals surface area contributed by atoms with E-state index in [1.54, 1.807) is 18.2 Å². The number of rotatable bonds is 4. The van der Waals surface area contributed by atoms with Crippen molar-refractivity contribution in [3.8, 4) is 0 Å². The van der Waals surface area contributed by atoms with Crippen molar-refractivity contribution in [1.82, 2.24) is 0 Å². The molecular weight excluding hydrogens is 314 g/mol.